The summed E-state index contributed by atoms with van der Waals surface area (Å²) in [5.41, 5.74) is 0. The van der Waals surface area contributed by atoms with Crippen LogP contribution in [0.15, 0.2) is 12.7 Å². The maximum absolute atomic E-state index is 3.92. The molecule has 2 N–H and O–H groups in total. The van der Waals surface area contributed by atoms with Crippen molar-refractivity contribution in [2.45, 2.75) is 82.9 Å². The van der Waals surface area contributed by atoms with E-state index < -0.39 is 0 Å². The van der Waals surface area contributed by atoms with E-state index in [1.807, 2.05) is 11.9 Å². The van der Waals surface area contributed by atoms with E-state index in [-0.39, 0.29) is 0 Å². The molecule has 0 bridgehead atoms. The van der Waals surface area contributed by atoms with Gasteiger partial charge in [0.05, 0.1) is 0 Å². The van der Waals surface area contributed by atoms with Crippen LogP contribution < -0.4 is 10.0 Å². The van der Waals surface area contributed by atoms with E-state index in [1.165, 1.54) is 64.3 Å². The SMILES string of the molecule is C=CC1CCC(NCCC(CC)SNCCCCC)CC1. The zero-order valence-electron chi connectivity index (χ0n) is 14.2. The molecule has 1 fully saturated rings. The number of hydrogen-bond acceptors (Lipinski definition) is 3. The molecule has 1 rings (SSSR count). The van der Waals surface area contributed by atoms with Crippen molar-refractivity contribution in [3.8, 4) is 0 Å². The van der Waals surface area contributed by atoms with Gasteiger partial charge in [0.2, 0.25) is 0 Å². The van der Waals surface area contributed by atoms with E-state index in [0.717, 1.165) is 23.8 Å². The molecular formula is C18H36N2S. The van der Waals surface area contributed by atoms with Gasteiger partial charge < -0.3 is 5.32 Å². The molecule has 21 heavy (non-hydrogen) atoms. The van der Waals surface area contributed by atoms with E-state index >= 15 is 0 Å². The largest absolute Gasteiger partial charge is 0.314 e. The Morgan fingerprint density at radius 1 is 1.14 bits per heavy atom. The molecule has 1 aliphatic carbocycles. The van der Waals surface area contributed by atoms with Crippen LogP contribution in [0.3, 0.4) is 0 Å². The Kier molecular flexibility index (Phi) is 11.4. The highest BCUT2D eigenvalue weighted by atomic mass is 32.2. The topological polar surface area (TPSA) is 24.1 Å². The van der Waals surface area contributed by atoms with Crippen LogP contribution in [0.2, 0.25) is 0 Å². The summed E-state index contributed by atoms with van der Waals surface area (Å²) in [6.45, 7) is 10.8. The second-order valence-electron chi connectivity index (χ2n) is 6.34. The Bertz CT molecular complexity index is 250. The molecule has 1 aliphatic rings. The van der Waals surface area contributed by atoms with Gasteiger partial charge in [-0.05, 0) is 57.4 Å². The van der Waals surface area contributed by atoms with E-state index in [9.17, 15) is 0 Å². The molecule has 3 heteroatoms. The molecule has 2 nitrogen and oxygen atoms in total. The van der Waals surface area contributed by atoms with Gasteiger partial charge >= 0.3 is 0 Å². The molecule has 0 amide bonds. The van der Waals surface area contributed by atoms with Crippen LogP contribution in [0.5, 0.6) is 0 Å². The summed E-state index contributed by atoms with van der Waals surface area (Å²) in [5, 5.41) is 4.52. The lowest BCUT2D eigenvalue weighted by molar-refractivity contribution is 0.327. The van der Waals surface area contributed by atoms with Crippen LogP contribution in [0.1, 0.15) is 71.6 Å². The summed E-state index contributed by atoms with van der Waals surface area (Å²) in [5.74, 6) is 0.773. The lowest BCUT2D eigenvalue weighted by Gasteiger charge is -2.28. The zero-order valence-corrected chi connectivity index (χ0v) is 15.0. The molecule has 1 unspecified atom stereocenters. The smallest absolute Gasteiger partial charge is 0.0202 e. The van der Waals surface area contributed by atoms with Crippen molar-refractivity contribution in [3.63, 3.8) is 0 Å². The van der Waals surface area contributed by atoms with E-state index in [4.69, 9.17) is 0 Å². The van der Waals surface area contributed by atoms with Crippen molar-refractivity contribution in [1.29, 1.82) is 0 Å². The monoisotopic (exact) mass is 312 g/mol. The fourth-order valence-electron chi connectivity index (χ4n) is 2.98. The molecule has 1 atom stereocenters. The molecule has 0 spiro atoms. The maximum Gasteiger partial charge on any atom is 0.0202 e. The van der Waals surface area contributed by atoms with Crippen molar-refractivity contribution in [2.24, 2.45) is 5.92 Å². The van der Waals surface area contributed by atoms with Gasteiger partial charge in [0, 0.05) is 17.8 Å². The van der Waals surface area contributed by atoms with Crippen molar-refractivity contribution in [1.82, 2.24) is 10.0 Å². The third kappa shape index (κ3) is 8.90. The van der Waals surface area contributed by atoms with Gasteiger partial charge in [0.1, 0.15) is 0 Å². The first-order valence-corrected chi connectivity index (χ1v) is 9.92. The van der Waals surface area contributed by atoms with Gasteiger partial charge in [-0.15, -0.1) is 6.58 Å². The molecule has 0 saturated heterocycles. The summed E-state index contributed by atoms with van der Waals surface area (Å²) in [6, 6.07) is 0.751. The molecule has 0 heterocycles. The number of unbranched alkanes of at least 4 members (excludes halogenated alkanes) is 2. The minimum atomic E-state index is 0.751. The van der Waals surface area contributed by atoms with Crippen LogP contribution in [-0.4, -0.2) is 24.4 Å². The summed E-state index contributed by atoms with van der Waals surface area (Å²) in [6.07, 6.45) is 14.0. The van der Waals surface area contributed by atoms with E-state index in [1.54, 1.807) is 0 Å². The molecule has 1 saturated carbocycles. The number of hydrogen-bond donors (Lipinski definition) is 2. The summed E-state index contributed by atoms with van der Waals surface area (Å²) < 4.78 is 3.55. The number of nitrogens with one attached hydrogen (secondary N) is 2. The molecule has 0 radical (unpaired) electrons. The third-order valence-electron chi connectivity index (χ3n) is 4.59. The number of allylic oxidation sites excluding steroid dienone is 1. The summed E-state index contributed by atoms with van der Waals surface area (Å²) in [4.78, 5) is 0. The third-order valence-corrected chi connectivity index (χ3v) is 5.87. The van der Waals surface area contributed by atoms with Gasteiger partial charge in [-0.2, -0.15) is 0 Å². The van der Waals surface area contributed by atoms with Gasteiger partial charge in [-0.25, -0.2) is 0 Å². The van der Waals surface area contributed by atoms with Crippen LogP contribution in [0, 0.1) is 5.92 Å². The van der Waals surface area contributed by atoms with Crippen molar-refractivity contribution in [2.75, 3.05) is 13.1 Å². The van der Waals surface area contributed by atoms with Gasteiger partial charge in [0.25, 0.3) is 0 Å². The van der Waals surface area contributed by atoms with Crippen molar-refractivity contribution < 1.29 is 0 Å². The highest BCUT2D eigenvalue weighted by Crippen LogP contribution is 2.25. The van der Waals surface area contributed by atoms with Gasteiger partial charge in [-0.3, -0.25) is 4.72 Å². The van der Waals surface area contributed by atoms with Crippen LogP contribution in [0.25, 0.3) is 0 Å². The first-order chi connectivity index (χ1) is 10.3. The Morgan fingerprint density at radius 2 is 1.90 bits per heavy atom. The Hall–Kier alpha value is 0.01000. The van der Waals surface area contributed by atoms with Gasteiger partial charge in [0.15, 0.2) is 0 Å². The normalized spacial score (nSPS) is 23.9. The highest BCUT2D eigenvalue weighted by molar-refractivity contribution is 7.98. The van der Waals surface area contributed by atoms with Crippen LogP contribution in [-0.2, 0) is 0 Å². The molecule has 0 aromatic heterocycles. The Balaban J connectivity index is 2.02. The van der Waals surface area contributed by atoms with E-state index in [2.05, 4.69) is 36.5 Å². The molecular weight excluding hydrogens is 276 g/mol. The second-order valence-corrected chi connectivity index (χ2v) is 7.53. The summed E-state index contributed by atoms with van der Waals surface area (Å²) >= 11 is 1.96. The molecule has 0 aliphatic heterocycles. The average molecular weight is 313 g/mol. The first kappa shape index (κ1) is 19.1. The molecule has 124 valence electrons. The van der Waals surface area contributed by atoms with Crippen LogP contribution >= 0.6 is 11.9 Å². The Labute approximate surface area is 137 Å². The molecule has 0 aromatic carbocycles. The lowest BCUT2D eigenvalue weighted by atomic mass is 9.86. The predicted octanol–water partition coefficient (Wildman–Crippen LogP) is 4.92. The standard InChI is InChI=1S/C18H36N2S/c1-4-7-8-14-20-21-18(6-3)13-15-19-17-11-9-16(5-2)10-12-17/h5,16-20H,2,4,6-15H2,1,3H3. The zero-order chi connectivity index (χ0) is 15.3. The quantitative estimate of drug-likeness (QED) is 0.304. The average Bonchev–Trinajstić information content (AvgIpc) is 2.53. The highest BCUT2D eigenvalue weighted by Gasteiger charge is 2.18. The predicted molar refractivity (Wildman–Crippen MR) is 97.8 cm³/mol. The van der Waals surface area contributed by atoms with Crippen molar-refractivity contribution in [3.05, 3.63) is 12.7 Å². The Morgan fingerprint density at radius 3 is 2.52 bits per heavy atom. The molecule has 0 aromatic rings. The minimum absolute atomic E-state index is 0.751. The fourth-order valence-corrected chi connectivity index (χ4v) is 3.88. The summed E-state index contributed by atoms with van der Waals surface area (Å²) in [7, 11) is 0. The van der Waals surface area contributed by atoms with Crippen molar-refractivity contribution >= 4 is 11.9 Å². The maximum atomic E-state index is 3.92. The van der Waals surface area contributed by atoms with E-state index in [0.29, 0.717) is 0 Å². The first-order valence-electron chi connectivity index (χ1n) is 9.04. The minimum Gasteiger partial charge on any atom is -0.314 e. The fraction of sp³-hybridized carbons (Fsp3) is 0.889. The second kappa shape index (κ2) is 12.5. The van der Waals surface area contributed by atoms with Crippen LogP contribution in [0.4, 0.5) is 0 Å². The lowest BCUT2D eigenvalue weighted by Crippen LogP contribution is -2.34. The van der Waals surface area contributed by atoms with Gasteiger partial charge in [-0.1, -0.05) is 44.7 Å². The number of rotatable bonds is 12.